The van der Waals surface area contributed by atoms with Crippen molar-refractivity contribution in [1.29, 1.82) is 0 Å². The molecule has 1 heterocycles. The molecule has 5 heteroatoms. The Balaban J connectivity index is 2.57. The topological polar surface area (TPSA) is 75.3 Å². The standard InChI is InChI=1S/C8H17BN2O2/c9-3-1-2-6-4-11-5-8(6,10)7(12)13/h6,11H,1-5,9-10H2,(H,12,13)/t6-,8+/m1/s1. The third-order valence-corrected chi connectivity index (χ3v) is 2.84. The van der Waals surface area contributed by atoms with Gasteiger partial charge in [0.05, 0.1) is 0 Å². The maximum atomic E-state index is 10.9. The Morgan fingerprint density at radius 1 is 1.77 bits per heavy atom. The highest BCUT2D eigenvalue weighted by molar-refractivity contribution is 6.08. The molecule has 0 unspecified atom stereocenters. The van der Waals surface area contributed by atoms with Crippen LogP contribution in [0.4, 0.5) is 0 Å². The van der Waals surface area contributed by atoms with Gasteiger partial charge >= 0.3 is 5.97 Å². The third-order valence-electron chi connectivity index (χ3n) is 2.84. The fourth-order valence-corrected chi connectivity index (χ4v) is 1.84. The monoisotopic (exact) mass is 184 g/mol. The zero-order valence-corrected chi connectivity index (χ0v) is 8.05. The van der Waals surface area contributed by atoms with E-state index in [1.165, 1.54) is 0 Å². The van der Waals surface area contributed by atoms with Gasteiger partial charge in [-0.15, -0.1) is 0 Å². The molecule has 1 fully saturated rings. The molecule has 1 aliphatic heterocycles. The number of aliphatic carboxylic acids is 1. The number of carboxylic acids is 1. The highest BCUT2D eigenvalue weighted by Crippen LogP contribution is 2.24. The van der Waals surface area contributed by atoms with E-state index in [1.54, 1.807) is 0 Å². The molecule has 4 N–H and O–H groups in total. The van der Waals surface area contributed by atoms with Crippen LogP contribution in [0.3, 0.4) is 0 Å². The van der Waals surface area contributed by atoms with E-state index in [0.717, 1.165) is 25.7 Å². The summed E-state index contributed by atoms with van der Waals surface area (Å²) in [4.78, 5) is 10.9. The quantitative estimate of drug-likeness (QED) is 0.480. The van der Waals surface area contributed by atoms with E-state index in [9.17, 15) is 4.79 Å². The second kappa shape index (κ2) is 4.11. The SMILES string of the molecule is BCCC[C@@H]1CNC[C@@]1(N)C(=O)O. The minimum Gasteiger partial charge on any atom is -0.480 e. The molecule has 0 aromatic carbocycles. The lowest BCUT2D eigenvalue weighted by Gasteiger charge is -2.25. The number of rotatable bonds is 4. The fourth-order valence-electron chi connectivity index (χ4n) is 1.84. The van der Waals surface area contributed by atoms with Gasteiger partial charge in [0.25, 0.3) is 0 Å². The van der Waals surface area contributed by atoms with Crippen LogP contribution in [-0.2, 0) is 4.79 Å². The van der Waals surface area contributed by atoms with Crippen LogP contribution in [0.25, 0.3) is 0 Å². The molecule has 0 aromatic rings. The van der Waals surface area contributed by atoms with Crippen LogP contribution in [0.1, 0.15) is 12.8 Å². The van der Waals surface area contributed by atoms with Crippen LogP contribution >= 0.6 is 0 Å². The van der Waals surface area contributed by atoms with Gasteiger partial charge in [-0.3, -0.25) is 4.79 Å². The summed E-state index contributed by atoms with van der Waals surface area (Å²) >= 11 is 0. The van der Waals surface area contributed by atoms with Crippen molar-refractivity contribution in [3.8, 4) is 0 Å². The summed E-state index contributed by atoms with van der Waals surface area (Å²) in [5.74, 6) is -0.788. The minimum absolute atomic E-state index is 0.0879. The van der Waals surface area contributed by atoms with E-state index in [4.69, 9.17) is 10.8 Å². The average molecular weight is 184 g/mol. The van der Waals surface area contributed by atoms with Gasteiger partial charge in [-0.2, -0.15) is 0 Å². The summed E-state index contributed by atoms with van der Waals surface area (Å²) in [6, 6.07) is 0. The highest BCUT2D eigenvalue weighted by atomic mass is 16.4. The van der Waals surface area contributed by atoms with E-state index < -0.39 is 11.5 Å². The van der Waals surface area contributed by atoms with Gasteiger partial charge in [-0.1, -0.05) is 12.7 Å². The van der Waals surface area contributed by atoms with E-state index in [-0.39, 0.29) is 5.92 Å². The number of hydrogen-bond acceptors (Lipinski definition) is 3. The summed E-state index contributed by atoms with van der Waals surface area (Å²) in [6.45, 7) is 1.14. The Labute approximate surface area is 79.3 Å². The van der Waals surface area contributed by atoms with Crippen molar-refractivity contribution in [2.24, 2.45) is 11.7 Å². The van der Waals surface area contributed by atoms with Gasteiger partial charge in [0, 0.05) is 19.0 Å². The first kappa shape index (κ1) is 10.5. The molecule has 0 aliphatic carbocycles. The normalized spacial score (nSPS) is 33.5. The third kappa shape index (κ3) is 2.03. The Hall–Kier alpha value is -0.545. The summed E-state index contributed by atoms with van der Waals surface area (Å²) in [7, 11) is 2.10. The largest absolute Gasteiger partial charge is 0.480 e. The van der Waals surface area contributed by atoms with Crippen molar-refractivity contribution in [3.63, 3.8) is 0 Å². The van der Waals surface area contributed by atoms with E-state index in [0.29, 0.717) is 6.54 Å². The first-order valence-electron chi connectivity index (χ1n) is 4.84. The zero-order chi connectivity index (χ0) is 9.90. The maximum Gasteiger partial charge on any atom is 0.325 e. The van der Waals surface area contributed by atoms with Crippen molar-refractivity contribution in [2.75, 3.05) is 13.1 Å². The molecule has 1 rings (SSSR count). The molecular weight excluding hydrogens is 167 g/mol. The van der Waals surface area contributed by atoms with Crippen molar-refractivity contribution >= 4 is 13.8 Å². The Kier molecular flexibility index (Phi) is 3.33. The van der Waals surface area contributed by atoms with Crippen molar-refractivity contribution < 1.29 is 9.90 Å². The van der Waals surface area contributed by atoms with Crippen LogP contribution in [0.2, 0.25) is 6.32 Å². The van der Waals surface area contributed by atoms with Gasteiger partial charge < -0.3 is 16.2 Å². The number of hydrogen-bond donors (Lipinski definition) is 3. The minimum atomic E-state index is -1.03. The molecule has 0 aromatic heterocycles. The smallest absolute Gasteiger partial charge is 0.325 e. The summed E-state index contributed by atoms with van der Waals surface area (Å²) < 4.78 is 0. The number of nitrogens with one attached hydrogen (secondary N) is 1. The van der Waals surface area contributed by atoms with Gasteiger partial charge in [0.15, 0.2) is 0 Å². The molecule has 1 saturated heterocycles. The Morgan fingerprint density at radius 3 is 3.00 bits per heavy atom. The number of carbonyl (C=O) groups is 1. The van der Waals surface area contributed by atoms with Crippen LogP contribution in [-0.4, -0.2) is 37.6 Å². The second-order valence-corrected chi connectivity index (χ2v) is 3.82. The molecule has 0 bridgehead atoms. The molecule has 13 heavy (non-hydrogen) atoms. The molecule has 1 aliphatic rings. The second-order valence-electron chi connectivity index (χ2n) is 3.82. The first-order chi connectivity index (χ1) is 6.11. The summed E-state index contributed by atoms with van der Waals surface area (Å²) in [5.41, 5.74) is 4.79. The summed E-state index contributed by atoms with van der Waals surface area (Å²) in [5, 5.41) is 12.0. The van der Waals surface area contributed by atoms with Crippen LogP contribution in [0, 0.1) is 5.92 Å². The Bertz CT molecular complexity index is 201. The summed E-state index contributed by atoms with van der Waals surface area (Å²) in [6.07, 6.45) is 3.05. The molecule has 0 amide bonds. The number of nitrogens with two attached hydrogens (primary N) is 1. The van der Waals surface area contributed by atoms with Crippen LogP contribution < -0.4 is 11.1 Å². The van der Waals surface area contributed by atoms with Gasteiger partial charge in [-0.05, 0) is 6.42 Å². The lowest BCUT2D eigenvalue weighted by atomic mass is 9.83. The van der Waals surface area contributed by atoms with Crippen LogP contribution in [0.15, 0.2) is 0 Å². The fraction of sp³-hybridized carbons (Fsp3) is 0.875. The van der Waals surface area contributed by atoms with E-state index >= 15 is 0 Å². The molecule has 0 saturated carbocycles. The molecular formula is C8H17BN2O2. The predicted molar refractivity (Wildman–Crippen MR) is 53.5 cm³/mol. The van der Waals surface area contributed by atoms with Crippen molar-refractivity contribution in [3.05, 3.63) is 0 Å². The maximum absolute atomic E-state index is 10.9. The van der Waals surface area contributed by atoms with E-state index in [1.807, 2.05) is 0 Å². The average Bonchev–Trinajstić information content (AvgIpc) is 2.45. The Morgan fingerprint density at radius 2 is 2.46 bits per heavy atom. The van der Waals surface area contributed by atoms with Crippen LogP contribution in [0.5, 0.6) is 0 Å². The van der Waals surface area contributed by atoms with Crippen molar-refractivity contribution in [1.82, 2.24) is 5.32 Å². The predicted octanol–water partition coefficient (Wildman–Crippen LogP) is -1.18. The molecule has 4 nitrogen and oxygen atoms in total. The molecule has 2 atom stereocenters. The number of carboxylic acid groups (broad SMARTS) is 1. The van der Waals surface area contributed by atoms with Crippen molar-refractivity contribution in [2.45, 2.75) is 24.7 Å². The zero-order valence-electron chi connectivity index (χ0n) is 8.05. The molecule has 74 valence electrons. The molecule has 0 radical (unpaired) electrons. The lowest BCUT2D eigenvalue weighted by molar-refractivity contribution is -0.144. The highest BCUT2D eigenvalue weighted by Gasteiger charge is 2.45. The molecule has 0 spiro atoms. The lowest BCUT2D eigenvalue weighted by Crippen LogP contribution is -2.54. The van der Waals surface area contributed by atoms with Gasteiger partial charge in [0.2, 0.25) is 0 Å². The van der Waals surface area contributed by atoms with E-state index in [2.05, 4.69) is 13.2 Å². The van der Waals surface area contributed by atoms with Gasteiger partial charge in [-0.25, -0.2) is 0 Å². The first-order valence-corrected chi connectivity index (χ1v) is 4.84. The van der Waals surface area contributed by atoms with Gasteiger partial charge in [0.1, 0.15) is 13.4 Å².